The highest BCUT2D eigenvalue weighted by Gasteiger charge is 2.39. The van der Waals surface area contributed by atoms with Crippen molar-refractivity contribution in [3.05, 3.63) is 29.8 Å². The summed E-state index contributed by atoms with van der Waals surface area (Å²) in [4.78, 5) is 28.3. The van der Waals surface area contributed by atoms with Crippen molar-refractivity contribution in [1.29, 1.82) is 5.26 Å². The first-order valence-electron chi connectivity index (χ1n) is 8.50. The fourth-order valence-electron chi connectivity index (χ4n) is 3.56. The van der Waals surface area contributed by atoms with Gasteiger partial charge in [-0.15, -0.1) is 0 Å². The molecular weight excluding hydrogens is 320 g/mol. The molecule has 2 saturated heterocycles. The average molecular weight is 342 g/mol. The van der Waals surface area contributed by atoms with Gasteiger partial charge in [0, 0.05) is 25.3 Å². The van der Waals surface area contributed by atoms with E-state index in [0.29, 0.717) is 25.2 Å². The first-order valence-corrected chi connectivity index (χ1v) is 8.50. The molecule has 2 fully saturated rings. The van der Waals surface area contributed by atoms with Gasteiger partial charge in [0.2, 0.25) is 11.8 Å². The topological polar surface area (TPSA) is 99.7 Å². The van der Waals surface area contributed by atoms with Crippen LogP contribution in [0.1, 0.15) is 25.3 Å². The van der Waals surface area contributed by atoms with Crippen LogP contribution in [-0.4, -0.2) is 54.6 Å². The van der Waals surface area contributed by atoms with E-state index in [4.69, 9.17) is 15.7 Å². The molecule has 0 bridgehead atoms. The molecule has 0 unspecified atom stereocenters. The van der Waals surface area contributed by atoms with Gasteiger partial charge in [0.05, 0.1) is 23.8 Å². The molecule has 0 radical (unpaired) electrons. The van der Waals surface area contributed by atoms with Crippen molar-refractivity contribution in [2.75, 3.05) is 24.5 Å². The molecule has 2 N–H and O–H groups in total. The van der Waals surface area contributed by atoms with Crippen LogP contribution in [0.2, 0.25) is 0 Å². The van der Waals surface area contributed by atoms with Crippen LogP contribution in [-0.2, 0) is 14.3 Å². The second-order valence-corrected chi connectivity index (χ2v) is 6.60. The van der Waals surface area contributed by atoms with Gasteiger partial charge in [0.25, 0.3) is 0 Å². The van der Waals surface area contributed by atoms with Gasteiger partial charge < -0.3 is 15.4 Å². The predicted octanol–water partition coefficient (Wildman–Crippen LogP) is 0.628. The summed E-state index contributed by atoms with van der Waals surface area (Å²) in [6.07, 6.45) is 0.805. The number of benzene rings is 1. The normalized spacial score (nSPS) is 27.8. The third kappa shape index (κ3) is 3.65. The van der Waals surface area contributed by atoms with Gasteiger partial charge in [-0.3, -0.25) is 14.5 Å². The lowest BCUT2D eigenvalue weighted by Crippen LogP contribution is -2.60. The summed E-state index contributed by atoms with van der Waals surface area (Å²) in [6.45, 7) is 3.48. The molecule has 2 heterocycles. The molecular formula is C18H22N4O3. The van der Waals surface area contributed by atoms with Crippen molar-refractivity contribution < 1.29 is 14.3 Å². The maximum Gasteiger partial charge on any atom is 0.247 e. The SMILES string of the molecule is C[C@@H]1CN([C@@H]2CCCN(c3ccc(C#N)cc3)C2=O)C[C@@H](C(N)=O)O1. The molecule has 2 aliphatic heterocycles. The van der Waals surface area contributed by atoms with Crippen molar-refractivity contribution in [3.63, 3.8) is 0 Å². The van der Waals surface area contributed by atoms with Gasteiger partial charge in [-0.25, -0.2) is 0 Å². The van der Waals surface area contributed by atoms with E-state index in [1.807, 2.05) is 11.8 Å². The number of anilines is 1. The highest BCUT2D eigenvalue weighted by Crippen LogP contribution is 2.26. The summed E-state index contributed by atoms with van der Waals surface area (Å²) in [6, 6.07) is 8.83. The third-order valence-corrected chi connectivity index (χ3v) is 4.77. The summed E-state index contributed by atoms with van der Waals surface area (Å²) in [7, 11) is 0. The first kappa shape index (κ1) is 17.4. The molecule has 3 atom stereocenters. The minimum absolute atomic E-state index is 0.0216. The maximum absolute atomic E-state index is 13.0. The van der Waals surface area contributed by atoms with E-state index in [1.165, 1.54) is 0 Å². The van der Waals surface area contributed by atoms with Crippen LogP contribution in [0.25, 0.3) is 0 Å². The summed E-state index contributed by atoms with van der Waals surface area (Å²) >= 11 is 0. The quantitative estimate of drug-likeness (QED) is 0.868. The molecule has 132 valence electrons. The number of amides is 2. The highest BCUT2D eigenvalue weighted by molar-refractivity contribution is 5.98. The Morgan fingerprint density at radius 3 is 2.68 bits per heavy atom. The zero-order chi connectivity index (χ0) is 18.0. The van der Waals surface area contributed by atoms with E-state index >= 15 is 0 Å². The fourth-order valence-corrected chi connectivity index (χ4v) is 3.56. The Hall–Kier alpha value is -2.43. The van der Waals surface area contributed by atoms with Crippen LogP contribution in [0.5, 0.6) is 0 Å². The number of nitrogens with zero attached hydrogens (tertiary/aromatic N) is 3. The lowest BCUT2D eigenvalue weighted by atomic mass is 10.00. The predicted molar refractivity (Wildman–Crippen MR) is 91.6 cm³/mol. The first-order chi connectivity index (χ1) is 12.0. The molecule has 7 nitrogen and oxygen atoms in total. The minimum Gasteiger partial charge on any atom is -0.367 e. The van der Waals surface area contributed by atoms with Crippen LogP contribution in [0.4, 0.5) is 5.69 Å². The van der Waals surface area contributed by atoms with Gasteiger partial charge in [0.15, 0.2) is 0 Å². The van der Waals surface area contributed by atoms with Crippen LogP contribution in [0, 0.1) is 11.3 Å². The van der Waals surface area contributed by atoms with E-state index in [0.717, 1.165) is 18.5 Å². The third-order valence-electron chi connectivity index (χ3n) is 4.77. The number of hydrogen-bond donors (Lipinski definition) is 1. The van der Waals surface area contributed by atoms with Crippen LogP contribution < -0.4 is 10.6 Å². The average Bonchev–Trinajstić information content (AvgIpc) is 2.61. The molecule has 2 aliphatic rings. The zero-order valence-corrected chi connectivity index (χ0v) is 14.2. The summed E-state index contributed by atoms with van der Waals surface area (Å²) in [5.74, 6) is -0.475. The second kappa shape index (κ2) is 7.21. The van der Waals surface area contributed by atoms with E-state index in [1.54, 1.807) is 29.2 Å². The van der Waals surface area contributed by atoms with Crippen LogP contribution >= 0.6 is 0 Å². The van der Waals surface area contributed by atoms with E-state index in [-0.39, 0.29) is 18.1 Å². The molecule has 0 aliphatic carbocycles. The van der Waals surface area contributed by atoms with Gasteiger partial charge >= 0.3 is 0 Å². The minimum atomic E-state index is -0.679. The van der Waals surface area contributed by atoms with Gasteiger partial charge in [-0.1, -0.05) is 0 Å². The number of nitriles is 1. The smallest absolute Gasteiger partial charge is 0.247 e. The molecule has 0 spiro atoms. The van der Waals surface area contributed by atoms with Gasteiger partial charge in [0.1, 0.15) is 6.10 Å². The van der Waals surface area contributed by atoms with E-state index < -0.39 is 12.0 Å². The number of piperidine rings is 1. The van der Waals surface area contributed by atoms with Gasteiger partial charge in [-0.05, 0) is 44.0 Å². The fraction of sp³-hybridized carbons (Fsp3) is 0.500. The number of ether oxygens (including phenoxy) is 1. The van der Waals surface area contributed by atoms with Crippen LogP contribution in [0.3, 0.4) is 0 Å². The monoisotopic (exact) mass is 342 g/mol. The van der Waals surface area contributed by atoms with E-state index in [2.05, 4.69) is 6.07 Å². The molecule has 0 aromatic heterocycles. The van der Waals surface area contributed by atoms with Crippen molar-refractivity contribution in [3.8, 4) is 6.07 Å². The Kier molecular flexibility index (Phi) is 5.02. The van der Waals surface area contributed by atoms with Crippen molar-refractivity contribution in [2.24, 2.45) is 5.73 Å². The Balaban J connectivity index is 1.77. The number of carbonyl (C=O) groups is 2. The molecule has 2 amide bonds. The lowest BCUT2D eigenvalue weighted by Gasteiger charge is -2.43. The summed E-state index contributed by atoms with van der Waals surface area (Å²) in [5.41, 5.74) is 6.75. The molecule has 3 rings (SSSR count). The number of morpholine rings is 1. The maximum atomic E-state index is 13.0. The molecule has 7 heteroatoms. The lowest BCUT2D eigenvalue weighted by molar-refractivity contribution is -0.148. The standard InChI is InChI=1S/C18H22N4O3/c1-12-10-21(11-16(25-12)17(20)23)15-3-2-8-22(18(15)24)14-6-4-13(9-19)5-7-14/h4-7,12,15-16H,2-3,8,10-11H2,1H3,(H2,20,23)/t12-,15-,16+/m1/s1. The van der Waals surface area contributed by atoms with Crippen molar-refractivity contribution in [2.45, 2.75) is 38.0 Å². The Morgan fingerprint density at radius 2 is 2.04 bits per heavy atom. The number of rotatable bonds is 3. The van der Waals surface area contributed by atoms with Gasteiger partial charge in [-0.2, -0.15) is 5.26 Å². The van der Waals surface area contributed by atoms with Crippen LogP contribution in [0.15, 0.2) is 24.3 Å². The number of hydrogen-bond acceptors (Lipinski definition) is 5. The number of carbonyl (C=O) groups excluding carboxylic acids is 2. The molecule has 1 aromatic rings. The van der Waals surface area contributed by atoms with Crippen molar-refractivity contribution in [1.82, 2.24) is 4.90 Å². The molecule has 0 saturated carbocycles. The Labute approximate surface area is 146 Å². The summed E-state index contributed by atoms with van der Waals surface area (Å²) < 4.78 is 5.57. The van der Waals surface area contributed by atoms with Crippen molar-refractivity contribution >= 4 is 17.5 Å². The number of primary amides is 1. The number of nitrogens with two attached hydrogens (primary N) is 1. The Bertz CT molecular complexity index is 697. The Morgan fingerprint density at radius 1 is 1.32 bits per heavy atom. The van der Waals surface area contributed by atoms with E-state index in [9.17, 15) is 9.59 Å². The zero-order valence-electron chi connectivity index (χ0n) is 14.2. The largest absolute Gasteiger partial charge is 0.367 e. The molecule has 1 aromatic carbocycles. The molecule has 25 heavy (non-hydrogen) atoms. The second-order valence-electron chi connectivity index (χ2n) is 6.60. The highest BCUT2D eigenvalue weighted by atomic mass is 16.5. The summed E-state index contributed by atoms with van der Waals surface area (Å²) in [5, 5.41) is 8.91.